The van der Waals surface area contributed by atoms with Crippen LogP contribution in [0.15, 0.2) is 9.98 Å². The van der Waals surface area contributed by atoms with E-state index >= 15 is 0 Å². The number of phosphoric ester groups is 1. The fraction of sp³-hybridized carbons (Fsp3) is 0.700. The number of aliphatic hydroxyl groups is 2. The van der Waals surface area contributed by atoms with Gasteiger partial charge in [-0.3, -0.25) is 15.1 Å². The molecule has 26 heavy (non-hydrogen) atoms. The van der Waals surface area contributed by atoms with Gasteiger partial charge in [-0.25, -0.2) is 4.99 Å². The molecule has 6 unspecified atom stereocenters. The largest absolute Gasteiger partial charge is 1.00 e. The molecular formula is C10H14N5Na2O8P. The zero-order chi connectivity index (χ0) is 17.6. The fourth-order valence-corrected chi connectivity index (χ4v) is 3.00. The molecule has 0 aromatic heterocycles. The van der Waals surface area contributed by atoms with Crippen LogP contribution in [0.25, 0.3) is 0 Å². The first kappa shape index (κ1) is 24.4. The first-order valence-electron chi connectivity index (χ1n) is 6.80. The molecule has 3 aliphatic rings. The number of fused-ring (bicyclic) bond motifs is 1. The van der Waals surface area contributed by atoms with Crippen molar-refractivity contribution in [2.45, 2.75) is 36.7 Å². The molecule has 3 rings (SSSR count). The monoisotopic (exact) mass is 409 g/mol. The van der Waals surface area contributed by atoms with Crippen molar-refractivity contribution < 1.29 is 97.7 Å². The van der Waals surface area contributed by atoms with Gasteiger partial charge in [0.1, 0.15) is 18.3 Å². The van der Waals surface area contributed by atoms with Crippen LogP contribution in [-0.2, 0) is 18.6 Å². The number of hydrogen-bond acceptors (Lipinski definition) is 12. The van der Waals surface area contributed by atoms with Crippen molar-refractivity contribution in [1.82, 2.24) is 10.2 Å². The zero-order valence-electron chi connectivity index (χ0n) is 14.0. The number of aliphatic hydroxyl groups excluding tert-OH is 2. The zero-order valence-corrected chi connectivity index (χ0v) is 18.9. The number of amides is 1. The third kappa shape index (κ3) is 5.06. The van der Waals surface area contributed by atoms with Gasteiger partial charge in [0.25, 0.3) is 5.91 Å². The van der Waals surface area contributed by atoms with E-state index in [2.05, 4.69) is 19.8 Å². The van der Waals surface area contributed by atoms with Gasteiger partial charge in [-0.2, -0.15) is 0 Å². The molecule has 1 saturated heterocycles. The van der Waals surface area contributed by atoms with Crippen molar-refractivity contribution in [1.29, 1.82) is 0 Å². The van der Waals surface area contributed by atoms with Crippen LogP contribution in [-0.4, -0.2) is 76.7 Å². The van der Waals surface area contributed by atoms with E-state index in [1.807, 2.05) is 0 Å². The standard InChI is InChI=1S/C10H16N5O8P.2Na/c11-10-13-7-4(8(18)14-10)12-2-15(7)9-6(17)5(16)3(23-9)1-22-24(19,20)21;;/h2-7,9,16-17H,1H2,(H2,19,20,21)(H3,11,13,14,18);;/q;2*+1/p-2. The van der Waals surface area contributed by atoms with Crippen LogP contribution >= 0.6 is 7.82 Å². The van der Waals surface area contributed by atoms with E-state index in [1.165, 1.54) is 11.2 Å². The molecule has 0 aromatic carbocycles. The summed E-state index contributed by atoms with van der Waals surface area (Å²) in [6.07, 6.45) is -5.13. The fourth-order valence-electron chi connectivity index (χ4n) is 2.67. The smallest absolute Gasteiger partial charge is 0.790 e. The summed E-state index contributed by atoms with van der Waals surface area (Å²) >= 11 is 0. The molecule has 134 valence electrons. The van der Waals surface area contributed by atoms with E-state index in [0.717, 1.165) is 0 Å². The summed E-state index contributed by atoms with van der Waals surface area (Å²) in [7, 11) is -5.25. The molecule has 5 N–H and O–H groups in total. The van der Waals surface area contributed by atoms with Crippen LogP contribution in [0, 0.1) is 0 Å². The Kier molecular flexibility index (Phi) is 8.71. The molecule has 1 amide bonds. The van der Waals surface area contributed by atoms with Crippen molar-refractivity contribution >= 4 is 26.0 Å². The Hall–Kier alpha value is 0.400. The van der Waals surface area contributed by atoms with Crippen LogP contribution in [0.5, 0.6) is 0 Å². The van der Waals surface area contributed by atoms with Gasteiger partial charge in [0.15, 0.2) is 24.4 Å². The second kappa shape index (κ2) is 9.27. The number of rotatable bonds is 4. The molecule has 1 fully saturated rings. The minimum atomic E-state index is -5.25. The van der Waals surface area contributed by atoms with Crippen LogP contribution in [0.3, 0.4) is 0 Å². The van der Waals surface area contributed by atoms with Crippen molar-refractivity contribution in [3.05, 3.63) is 0 Å². The maximum Gasteiger partial charge on any atom is 1.00 e. The molecule has 0 spiro atoms. The summed E-state index contributed by atoms with van der Waals surface area (Å²) in [6, 6.07) is -0.899. The van der Waals surface area contributed by atoms with E-state index in [1.54, 1.807) is 0 Å². The third-order valence-electron chi connectivity index (χ3n) is 3.77. The van der Waals surface area contributed by atoms with Gasteiger partial charge in [0.2, 0.25) is 0 Å². The summed E-state index contributed by atoms with van der Waals surface area (Å²) in [5, 5.41) is 22.3. The second-order valence-corrected chi connectivity index (χ2v) is 6.52. The SMILES string of the molecule is NC1=NC2C(N=CN2C2OC(COP(=O)([O-])[O-])C(O)C2O)C(=O)N1.[Na+].[Na+]. The van der Waals surface area contributed by atoms with Crippen molar-refractivity contribution in [2.75, 3.05) is 6.61 Å². The Morgan fingerprint density at radius 1 is 1.38 bits per heavy atom. The second-order valence-electron chi connectivity index (χ2n) is 5.36. The van der Waals surface area contributed by atoms with Crippen LogP contribution in [0.1, 0.15) is 0 Å². The van der Waals surface area contributed by atoms with Gasteiger partial charge in [0.05, 0.1) is 20.8 Å². The average molecular weight is 409 g/mol. The number of phosphoric acid groups is 1. The number of guanidine groups is 1. The van der Waals surface area contributed by atoms with Crippen molar-refractivity contribution in [3.8, 4) is 0 Å². The Bertz CT molecular complexity index is 647. The topological polar surface area (TPSA) is 205 Å². The first-order chi connectivity index (χ1) is 11.2. The van der Waals surface area contributed by atoms with E-state index in [0.29, 0.717) is 0 Å². The predicted molar refractivity (Wildman–Crippen MR) is 71.9 cm³/mol. The number of aliphatic imine (C=N–C) groups is 2. The number of ether oxygens (including phenoxy) is 1. The van der Waals surface area contributed by atoms with Crippen molar-refractivity contribution in [3.63, 3.8) is 0 Å². The normalized spacial score (nSPS) is 35.9. The minimum absolute atomic E-state index is 0. The Labute approximate surface area is 191 Å². The summed E-state index contributed by atoms with van der Waals surface area (Å²) in [5.74, 6) is -0.624. The van der Waals surface area contributed by atoms with Gasteiger partial charge in [-0.1, -0.05) is 0 Å². The maximum atomic E-state index is 11.8. The quantitative estimate of drug-likeness (QED) is 0.255. The number of nitrogens with one attached hydrogen (secondary N) is 1. The number of nitrogens with two attached hydrogens (primary N) is 1. The number of carbonyl (C=O) groups excluding carboxylic acids is 1. The third-order valence-corrected chi connectivity index (χ3v) is 4.23. The van der Waals surface area contributed by atoms with Gasteiger partial charge < -0.3 is 44.5 Å². The molecule has 16 heteroatoms. The molecule has 0 radical (unpaired) electrons. The van der Waals surface area contributed by atoms with Crippen LogP contribution in [0.2, 0.25) is 0 Å². The Morgan fingerprint density at radius 2 is 2.04 bits per heavy atom. The number of carbonyl (C=O) groups is 1. The van der Waals surface area contributed by atoms with Gasteiger partial charge >= 0.3 is 59.1 Å². The maximum absolute atomic E-state index is 11.8. The van der Waals surface area contributed by atoms with E-state index in [-0.39, 0.29) is 65.1 Å². The summed E-state index contributed by atoms with van der Waals surface area (Å²) in [5.41, 5.74) is 5.49. The molecule has 0 aliphatic carbocycles. The Balaban J connectivity index is 0.00000169. The summed E-state index contributed by atoms with van der Waals surface area (Å²) in [6.45, 7) is -0.760. The molecule has 13 nitrogen and oxygen atoms in total. The van der Waals surface area contributed by atoms with E-state index < -0.39 is 57.1 Å². The molecule has 0 saturated carbocycles. The Morgan fingerprint density at radius 3 is 2.65 bits per heavy atom. The van der Waals surface area contributed by atoms with Gasteiger partial charge in [0, 0.05) is 0 Å². The molecule has 0 bridgehead atoms. The van der Waals surface area contributed by atoms with Crippen molar-refractivity contribution in [2.24, 2.45) is 15.7 Å². The van der Waals surface area contributed by atoms with Gasteiger partial charge in [-0.05, 0) is 0 Å². The predicted octanol–water partition coefficient (Wildman–Crippen LogP) is -11.2. The number of nitrogens with zero attached hydrogens (tertiary/aromatic N) is 3. The minimum Gasteiger partial charge on any atom is -0.790 e. The first-order valence-corrected chi connectivity index (χ1v) is 8.26. The molecule has 3 heterocycles. The molecule has 0 aromatic rings. The van der Waals surface area contributed by atoms with Crippen LogP contribution < -0.4 is 80.0 Å². The van der Waals surface area contributed by atoms with Crippen LogP contribution in [0.4, 0.5) is 0 Å². The van der Waals surface area contributed by atoms with E-state index in [4.69, 9.17) is 10.5 Å². The summed E-state index contributed by atoms with van der Waals surface area (Å²) < 4.78 is 19.9. The van der Waals surface area contributed by atoms with E-state index in [9.17, 15) is 29.4 Å². The molecule has 3 aliphatic heterocycles. The summed E-state index contributed by atoms with van der Waals surface area (Å²) in [4.78, 5) is 42.0. The number of hydrogen-bond donors (Lipinski definition) is 4. The average Bonchev–Trinajstić information content (AvgIpc) is 3.00. The molecular weight excluding hydrogens is 395 g/mol. The molecule has 6 atom stereocenters. The van der Waals surface area contributed by atoms with Gasteiger partial charge in [-0.15, -0.1) is 0 Å².